The molecule has 0 aliphatic carbocycles. The SMILES string of the molecule is CCCCC(CCC)NC(=O)CCC(CC)CCN. The van der Waals surface area contributed by atoms with Gasteiger partial charge in [-0.15, -0.1) is 0 Å². The molecule has 0 aliphatic rings. The first-order valence-electron chi connectivity index (χ1n) is 8.17. The van der Waals surface area contributed by atoms with Crippen molar-refractivity contribution in [1.82, 2.24) is 5.32 Å². The summed E-state index contributed by atoms with van der Waals surface area (Å²) in [6.45, 7) is 7.29. The number of hydrogen-bond acceptors (Lipinski definition) is 2. The van der Waals surface area contributed by atoms with Gasteiger partial charge in [0.05, 0.1) is 0 Å². The fourth-order valence-electron chi connectivity index (χ4n) is 2.51. The molecule has 0 bridgehead atoms. The summed E-state index contributed by atoms with van der Waals surface area (Å²) in [7, 11) is 0. The standard InChI is InChI=1S/C16H34N2O/c1-4-7-9-15(8-5-2)18-16(19)11-10-14(6-3)12-13-17/h14-15H,4-13,17H2,1-3H3,(H,18,19). The van der Waals surface area contributed by atoms with Gasteiger partial charge in [-0.2, -0.15) is 0 Å². The minimum atomic E-state index is 0.227. The summed E-state index contributed by atoms with van der Waals surface area (Å²) in [5, 5.41) is 3.20. The third-order valence-electron chi connectivity index (χ3n) is 3.84. The molecule has 0 saturated heterocycles. The fraction of sp³-hybridized carbons (Fsp3) is 0.938. The molecule has 1 amide bonds. The zero-order chi connectivity index (χ0) is 14.5. The summed E-state index contributed by atoms with van der Waals surface area (Å²) in [4.78, 5) is 12.0. The number of nitrogens with one attached hydrogen (secondary N) is 1. The van der Waals surface area contributed by atoms with E-state index < -0.39 is 0 Å². The number of rotatable bonds is 12. The molecular formula is C16H34N2O. The Kier molecular flexibility index (Phi) is 12.1. The van der Waals surface area contributed by atoms with Crippen molar-refractivity contribution in [3.05, 3.63) is 0 Å². The van der Waals surface area contributed by atoms with E-state index in [0.29, 0.717) is 18.4 Å². The first-order chi connectivity index (χ1) is 9.17. The maximum atomic E-state index is 12.0. The van der Waals surface area contributed by atoms with Crippen molar-refractivity contribution < 1.29 is 4.79 Å². The van der Waals surface area contributed by atoms with Gasteiger partial charge in [-0.05, 0) is 38.1 Å². The lowest BCUT2D eigenvalue weighted by atomic mass is 9.96. The average Bonchev–Trinajstić information content (AvgIpc) is 2.41. The van der Waals surface area contributed by atoms with Gasteiger partial charge in [0, 0.05) is 12.5 Å². The highest BCUT2D eigenvalue weighted by Gasteiger charge is 2.13. The Morgan fingerprint density at radius 1 is 1.05 bits per heavy atom. The van der Waals surface area contributed by atoms with Gasteiger partial charge in [-0.1, -0.05) is 46.5 Å². The number of unbranched alkanes of at least 4 members (excludes halogenated alkanes) is 1. The number of carbonyl (C=O) groups is 1. The summed E-state index contributed by atoms with van der Waals surface area (Å²) in [6, 6.07) is 0.382. The molecule has 0 rings (SSSR count). The van der Waals surface area contributed by atoms with Gasteiger partial charge in [0.15, 0.2) is 0 Å². The lowest BCUT2D eigenvalue weighted by molar-refractivity contribution is -0.122. The van der Waals surface area contributed by atoms with Crippen molar-refractivity contribution in [3.63, 3.8) is 0 Å². The van der Waals surface area contributed by atoms with Crippen LogP contribution in [0, 0.1) is 5.92 Å². The van der Waals surface area contributed by atoms with E-state index in [4.69, 9.17) is 5.73 Å². The molecule has 3 nitrogen and oxygen atoms in total. The van der Waals surface area contributed by atoms with Gasteiger partial charge >= 0.3 is 0 Å². The molecule has 2 unspecified atom stereocenters. The molecule has 0 aliphatic heterocycles. The largest absolute Gasteiger partial charge is 0.353 e. The van der Waals surface area contributed by atoms with Crippen molar-refractivity contribution in [3.8, 4) is 0 Å². The quantitative estimate of drug-likeness (QED) is 0.569. The van der Waals surface area contributed by atoms with Crippen LogP contribution in [0.4, 0.5) is 0 Å². The summed E-state index contributed by atoms with van der Waals surface area (Å²) < 4.78 is 0. The molecule has 0 radical (unpaired) electrons. The molecule has 0 saturated carbocycles. The van der Waals surface area contributed by atoms with Crippen molar-refractivity contribution in [2.75, 3.05) is 6.54 Å². The van der Waals surface area contributed by atoms with Crippen LogP contribution in [0.2, 0.25) is 0 Å². The van der Waals surface area contributed by atoms with Crippen LogP contribution in [0.25, 0.3) is 0 Å². The summed E-state index contributed by atoms with van der Waals surface area (Å²) in [5.74, 6) is 0.834. The molecule has 2 atom stereocenters. The predicted octanol–water partition coefficient (Wildman–Crippen LogP) is 3.62. The summed E-state index contributed by atoms with van der Waals surface area (Å²) >= 11 is 0. The third-order valence-corrected chi connectivity index (χ3v) is 3.84. The van der Waals surface area contributed by atoms with Crippen LogP contribution in [0.15, 0.2) is 0 Å². The van der Waals surface area contributed by atoms with Crippen LogP contribution in [-0.2, 0) is 4.79 Å². The van der Waals surface area contributed by atoms with Gasteiger partial charge in [0.2, 0.25) is 5.91 Å². The Morgan fingerprint density at radius 2 is 1.79 bits per heavy atom. The Hall–Kier alpha value is -0.570. The highest BCUT2D eigenvalue weighted by atomic mass is 16.1. The van der Waals surface area contributed by atoms with Crippen LogP contribution in [-0.4, -0.2) is 18.5 Å². The summed E-state index contributed by atoms with van der Waals surface area (Å²) in [6.07, 6.45) is 9.56. The second kappa shape index (κ2) is 12.5. The molecule has 3 heteroatoms. The monoisotopic (exact) mass is 270 g/mol. The number of nitrogens with two attached hydrogens (primary N) is 1. The first kappa shape index (κ1) is 18.4. The van der Waals surface area contributed by atoms with Crippen molar-refractivity contribution in [1.29, 1.82) is 0 Å². The lowest BCUT2D eigenvalue weighted by Gasteiger charge is -2.19. The van der Waals surface area contributed by atoms with Crippen LogP contribution in [0.3, 0.4) is 0 Å². The van der Waals surface area contributed by atoms with Gasteiger partial charge in [-0.3, -0.25) is 4.79 Å². The molecule has 0 aromatic rings. The molecule has 0 spiro atoms. The number of amides is 1. The second-order valence-corrected chi connectivity index (χ2v) is 5.59. The van der Waals surface area contributed by atoms with Crippen molar-refractivity contribution in [2.45, 2.75) is 84.6 Å². The highest BCUT2D eigenvalue weighted by Crippen LogP contribution is 2.15. The van der Waals surface area contributed by atoms with Gasteiger partial charge in [0.25, 0.3) is 0 Å². The normalized spacial score (nSPS) is 14.1. The zero-order valence-electron chi connectivity index (χ0n) is 13.2. The molecule has 19 heavy (non-hydrogen) atoms. The van der Waals surface area contributed by atoms with E-state index in [-0.39, 0.29) is 5.91 Å². The maximum Gasteiger partial charge on any atom is 0.220 e. The van der Waals surface area contributed by atoms with E-state index in [1.54, 1.807) is 0 Å². The van der Waals surface area contributed by atoms with Gasteiger partial charge in [0.1, 0.15) is 0 Å². The van der Waals surface area contributed by atoms with Crippen LogP contribution < -0.4 is 11.1 Å². The van der Waals surface area contributed by atoms with Crippen LogP contribution in [0.5, 0.6) is 0 Å². The number of carbonyl (C=O) groups excluding carboxylic acids is 1. The van der Waals surface area contributed by atoms with E-state index in [2.05, 4.69) is 26.1 Å². The van der Waals surface area contributed by atoms with Gasteiger partial charge in [-0.25, -0.2) is 0 Å². The lowest BCUT2D eigenvalue weighted by Crippen LogP contribution is -2.34. The topological polar surface area (TPSA) is 55.1 Å². The molecule has 0 aromatic carbocycles. The van der Waals surface area contributed by atoms with E-state index >= 15 is 0 Å². The average molecular weight is 270 g/mol. The fourth-order valence-corrected chi connectivity index (χ4v) is 2.51. The van der Waals surface area contributed by atoms with Crippen molar-refractivity contribution >= 4 is 5.91 Å². The van der Waals surface area contributed by atoms with E-state index in [1.807, 2.05) is 0 Å². The van der Waals surface area contributed by atoms with Gasteiger partial charge < -0.3 is 11.1 Å². The summed E-state index contributed by atoms with van der Waals surface area (Å²) in [5.41, 5.74) is 5.59. The molecule has 0 aromatic heterocycles. The Morgan fingerprint density at radius 3 is 2.32 bits per heavy atom. The third kappa shape index (κ3) is 9.94. The van der Waals surface area contributed by atoms with Crippen LogP contribution in [0.1, 0.15) is 78.6 Å². The zero-order valence-corrected chi connectivity index (χ0v) is 13.2. The minimum absolute atomic E-state index is 0.227. The molecule has 114 valence electrons. The van der Waals surface area contributed by atoms with Crippen molar-refractivity contribution in [2.24, 2.45) is 11.7 Å². The first-order valence-corrected chi connectivity index (χ1v) is 8.17. The minimum Gasteiger partial charge on any atom is -0.353 e. The van der Waals surface area contributed by atoms with E-state index in [1.165, 1.54) is 12.8 Å². The maximum absolute atomic E-state index is 12.0. The van der Waals surface area contributed by atoms with E-state index in [0.717, 1.165) is 45.1 Å². The number of hydrogen-bond donors (Lipinski definition) is 2. The predicted molar refractivity (Wildman–Crippen MR) is 83.1 cm³/mol. The second-order valence-electron chi connectivity index (χ2n) is 5.59. The molecule has 0 heterocycles. The smallest absolute Gasteiger partial charge is 0.220 e. The molecule has 0 fully saturated rings. The Labute approximate surface area is 119 Å². The van der Waals surface area contributed by atoms with Crippen LogP contribution >= 0.6 is 0 Å². The molecular weight excluding hydrogens is 236 g/mol. The Bertz CT molecular complexity index is 219. The van der Waals surface area contributed by atoms with E-state index in [9.17, 15) is 4.79 Å². The highest BCUT2D eigenvalue weighted by molar-refractivity contribution is 5.76. The molecule has 3 N–H and O–H groups in total. The Balaban J connectivity index is 3.96.